The third-order valence-electron chi connectivity index (χ3n) is 7.75. The molecule has 0 spiro atoms. The smallest absolute Gasteiger partial charge is 0.397 e. The lowest BCUT2D eigenvalue weighted by Crippen LogP contribution is -2.22. The van der Waals surface area contributed by atoms with Gasteiger partial charge in [-0.15, -0.1) is 10.2 Å². The molecule has 3 heterocycles. The molecule has 5 aromatic rings. The third kappa shape index (κ3) is 12.3. The van der Waals surface area contributed by atoms with E-state index in [0.29, 0.717) is 0 Å². The lowest BCUT2D eigenvalue weighted by atomic mass is 10.1. The SMILES string of the molecule is CCn1c(O)c(CON)c(C)c(N=Nc2cc(Nc3nc(Cl)nc(N[B]Nc4nc(F)nc(Nc5ccc(S(=O)(=O)CCOS(=O)(=O)O)cc5)n4)n3)ccc2S(=O)(=O)O)c1=O. The zero-order valence-corrected chi connectivity index (χ0v) is 34.3. The Morgan fingerprint density at radius 1 is 0.885 bits per heavy atom. The van der Waals surface area contributed by atoms with Gasteiger partial charge >= 0.3 is 24.0 Å². The minimum atomic E-state index is -4.88. The van der Waals surface area contributed by atoms with Gasteiger partial charge in [-0.1, -0.05) is 0 Å². The van der Waals surface area contributed by atoms with Crippen LogP contribution in [0.5, 0.6) is 5.88 Å². The minimum absolute atomic E-state index is 0.0248. The number of nitrogens with zero attached hydrogens (tertiary/aromatic N) is 9. The monoisotopic (exact) mass is 927 g/mol. The second-order valence-electron chi connectivity index (χ2n) is 11.8. The van der Waals surface area contributed by atoms with E-state index in [4.69, 9.17) is 22.1 Å². The van der Waals surface area contributed by atoms with E-state index in [-0.39, 0.29) is 75.3 Å². The van der Waals surface area contributed by atoms with E-state index in [1.165, 1.54) is 37.3 Å². The Hall–Kier alpha value is -6.06. The molecule has 0 amide bonds. The molecule has 3 aromatic heterocycles. The molecule has 0 aliphatic carbocycles. The Balaban J connectivity index is 1.28. The maximum atomic E-state index is 14.3. The summed E-state index contributed by atoms with van der Waals surface area (Å²) in [6.45, 7) is 1.93. The summed E-state index contributed by atoms with van der Waals surface area (Å²) in [5.41, 5.74) is -0.903. The molecular formula is C29H30BClFN14O12S3. The predicted octanol–water partition coefficient (Wildman–Crippen LogP) is 2.24. The largest absolute Gasteiger partial charge is 0.494 e. The second kappa shape index (κ2) is 19.1. The van der Waals surface area contributed by atoms with Gasteiger partial charge in [-0.3, -0.25) is 23.3 Å². The minimum Gasteiger partial charge on any atom is -0.494 e. The van der Waals surface area contributed by atoms with Crippen LogP contribution >= 0.6 is 11.6 Å². The van der Waals surface area contributed by atoms with Crippen LogP contribution in [0.3, 0.4) is 0 Å². The van der Waals surface area contributed by atoms with Crippen LogP contribution in [0.25, 0.3) is 0 Å². The molecule has 0 saturated carbocycles. The van der Waals surface area contributed by atoms with Crippen LogP contribution in [0.15, 0.2) is 67.3 Å². The Morgan fingerprint density at radius 3 is 2.10 bits per heavy atom. The molecule has 0 unspecified atom stereocenters. The molecule has 2 aromatic carbocycles. The van der Waals surface area contributed by atoms with Crippen molar-refractivity contribution in [3.8, 4) is 5.88 Å². The van der Waals surface area contributed by atoms with Gasteiger partial charge in [0, 0.05) is 23.5 Å². The molecule has 0 fully saturated rings. The van der Waals surface area contributed by atoms with Gasteiger partial charge in [-0.2, -0.15) is 51.1 Å². The molecule has 323 valence electrons. The van der Waals surface area contributed by atoms with Crippen LogP contribution in [0.2, 0.25) is 5.28 Å². The number of nitrogens with two attached hydrogens (primary N) is 1. The summed E-state index contributed by atoms with van der Waals surface area (Å²) in [5.74, 6) is 2.99. The topological polar surface area (TPSA) is 380 Å². The number of sulfone groups is 1. The second-order valence-corrected chi connectivity index (χ2v) is 16.7. The zero-order valence-electron chi connectivity index (χ0n) is 31.0. The lowest BCUT2D eigenvalue weighted by Gasteiger charge is -2.14. The zero-order chi connectivity index (χ0) is 44.7. The number of hydrogen-bond acceptors (Lipinski definition) is 23. The highest BCUT2D eigenvalue weighted by Gasteiger charge is 2.21. The number of aromatic hydroxyl groups is 1. The van der Waals surface area contributed by atoms with Crippen LogP contribution < -0.4 is 32.5 Å². The normalized spacial score (nSPS) is 12.0. The van der Waals surface area contributed by atoms with E-state index in [9.17, 15) is 44.1 Å². The van der Waals surface area contributed by atoms with Gasteiger partial charge in [-0.25, -0.2) is 18.5 Å². The number of azo groups is 1. The summed E-state index contributed by atoms with van der Waals surface area (Å²) in [5, 5.41) is 28.6. The van der Waals surface area contributed by atoms with Crippen molar-refractivity contribution in [3.05, 3.63) is 75.3 Å². The Morgan fingerprint density at radius 2 is 1.48 bits per heavy atom. The first kappa shape index (κ1) is 46.0. The summed E-state index contributed by atoms with van der Waals surface area (Å²) < 4.78 is 108. The fraction of sp³-hybridized carbons (Fsp3) is 0.207. The molecule has 26 nitrogen and oxygen atoms in total. The van der Waals surface area contributed by atoms with Gasteiger partial charge in [0.15, 0.2) is 21.4 Å². The van der Waals surface area contributed by atoms with Gasteiger partial charge in [0.2, 0.25) is 29.1 Å². The van der Waals surface area contributed by atoms with Crippen LogP contribution in [0.1, 0.15) is 18.1 Å². The van der Waals surface area contributed by atoms with Crippen molar-refractivity contribution in [1.82, 2.24) is 34.5 Å². The average molecular weight is 928 g/mol. The molecule has 0 aliphatic rings. The van der Waals surface area contributed by atoms with Crippen molar-refractivity contribution in [2.75, 3.05) is 33.4 Å². The molecule has 32 heteroatoms. The molecule has 0 saturated heterocycles. The van der Waals surface area contributed by atoms with E-state index in [1.54, 1.807) is 6.92 Å². The van der Waals surface area contributed by atoms with Crippen molar-refractivity contribution in [2.24, 2.45) is 16.1 Å². The number of halogens is 2. The number of pyridine rings is 1. The third-order valence-corrected chi connectivity index (χ3v) is 11.0. The number of rotatable bonds is 19. The Kier molecular flexibility index (Phi) is 14.4. The van der Waals surface area contributed by atoms with Crippen LogP contribution in [0, 0.1) is 13.0 Å². The van der Waals surface area contributed by atoms with Crippen molar-refractivity contribution < 1.29 is 52.9 Å². The van der Waals surface area contributed by atoms with Crippen LogP contribution in [-0.2, 0) is 52.5 Å². The van der Waals surface area contributed by atoms with Crippen molar-refractivity contribution in [2.45, 2.75) is 36.8 Å². The predicted molar refractivity (Wildman–Crippen MR) is 212 cm³/mol. The quantitative estimate of drug-likeness (QED) is 0.0255. The van der Waals surface area contributed by atoms with Gasteiger partial charge in [0.25, 0.3) is 15.7 Å². The molecule has 1 radical (unpaired) electrons. The van der Waals surface area contributed by atoms with Crippen molar-refractivity contribution in [1.29, 1.82) is 0 Å². The average Bonchev–Trinajstić information content (AvgIpc) is 3.15. The summed E-state index contributed by atoms with van der Waals surface area (Å²) in [6, 6.07) is 8.26. The molecule has 0 atom stereocenters. The van der Waals surface area contributed by atoms with E-state index >= 15 is 0 Å². The van der Waals surface area contributed by atoms with Crippen LogP contribution in [-0.4, -0.2) is 93.8 Å². The van der Waals surface area contributed by atoms with E-state index in [0.717, 1.165) is 24.2 Å². The first-order valence-electron chi connectivity index (χ1n) is 16.6. The van der Waals surface area contributed by atoms with Crippen molar-refractivity contribution in [3.63, 3.8) is 0 Å². The first-order chi connectivity index (χ1) is 28.7. The maximum absolute atomic E-state index is 14.3. The fourth-order valence-corrected chi connectivity index (χ4v) is 7.25. The maximum Gasteiger partial charge on any atom is 0.397 e. The number of benzene rings is 2. The number of anilines is 6. The fourth-order valence-electron chi connectivity index (χ4n) is 5.00. The summed E-state index contributed by atoms with van der Waals surface area (Å²) in [7, 11) is -12.6. The van der Waals surface area contributed by atoms with Gasteiger partial charge in [-0.05, 0) is 73.5 Å². The lowest BCUT2D eigenvalue weighted by molar-refractivity contribution is 0.120. The standard InChI is InChI=1S/C29H30BClFN14O12S3/c1-3-46-22(47)18(13-57-33)14(2)21(23(46)48)45-44-19-12-16(6-9-20(19)60(51,52)53)35-26-36-24(31)37-28(40-26)42-30-43-29-39-25(32)38-27(41-29)34-15-4-7-17(8-5-15)59(49,50)11-10-58-61(54,55)56/h4-9,12,47H,3,10-11,13,33H2,1-2H3,(H,51,52,53)(H,54,55,56)(H2,34,38,39,41,43)(H2,35,36,37,40,42). The molecule has 0 bridgehead atoms. The highest BCUT2D eigenvalue weighted by atomic mass is 35.5. The van der Waals surface area contributed by atoms with Gasteiger partial charge < -0.3 is 26.2 Å². The highest BCUT2D eigenvalue weighted by molar-refractivity contribution is 7.91. The van der Waals surface area contributed by atoms with Gasteiger partial charge in [0.05, 0.1) is 23.9 Å². The molecule has 0 aliphatic heterocycles. The number of nitrogens with one attached hydrogen (secondary N) is 4. The molecule has 5 rings (SSSR count). The van der Waals surface area contributed by atoms with E-state index < -0.39 is 70.8 Å². The molecule has 9 N–H and O–H groups in total. The number of aromatic nitrogens is 7. The first-order valence-corrected chi connectivity index (χ1v) is 21.5. The van der Waals surface area contributed by atoms with Crippen molar-refractivity contribution >= 4 is 96.0 Å². The number of hydrogen-bond donors (Lipinski definition) is 8. The Bertz CT molecular complexity index is 2880. The highest BCUT2D eigenvalue weighted by Crippen LogP contribution is 2.32. The van der Waals surface area contributed by atoms with Gasteiger partial charge in [0.1, 0.15) is 10.6 Å². The summed E-state index contributed by atoms with van der Waals surface area (Å²) in [6.07, 6.45) is -1.22. The summed E-state index contributed by atoms with van der Waals surface area (Å²) in [4.78, 5) is 39.9. The Labute approximate surface area is 349 Å². The van der Waals surface area contributed by atoms with E-state index in [1.807, 2.05) is 0 Å². The molecular weight excluding hydrogens is 898 g/mol. The molecule has 61 heavy (non-hydrogen) atoms. The van der Waals surface area contributed by atoms with Crippen LogP contribution in [0.4, 0.5) is 50.9 Å². The van der Waals surface area contributed by atoms with E-state index in [2.05, 4.69) is 70.2 Å². The summed E-state index contributed by atoms with van der Waals surface area (Å²) >= 11 is 6.09.